The van der Waals surface area contributed by atoms with Crippen LogP contribution in [0.25, 0.3) is 0 Å². The number of nitrogens with one attached hydrogen (secondary N) is 1. The third kappa shape index (κ3) is 8.48. The van der Waals surface area contributed by atoms with E-state index in [1.807, 2.05) is 7.05 Å². The summed E-state index contributed by atoms with van der Waals surface area (Å²) in [5.41, 5.74) is 0.339. The molecule has 0 bridgehead atoms. The molecule has 2 N–H and O–H groups in total. The molecular formula is C11H25NO2. The zero-order chi connectivity index (χ0) is 11.0. The molecule has 0 saturated carbocycles. The average molecular weight is 203 g/mol. The van der Waals surface area contributed by atoms with Gasteiger partial charge in [-0.25, -0.2) is 0 Å². The Hall–Kier alpha value is -0.120. The normalized spacial score (nSPS) is 14.4. The molecule has 3 heteroatoms. The summed E-state index contributed by atoms with van der Waals surface area (Å²) in [4.78, 5) is 0. The largest absolute Gasteiger partial charge is 0.396 e. The molecule has 0 aliphatic rings. The van der Waals surface area contributed by atoms with Crippen molar-refractivity contribution in [3.63, 3.8) is 0 Å². The van der Waals surface area contributed by atoms with E-state index in [0.29, 0.717) is 12.0 Å². The van der Waals surface area contributed by atoms with Crippen LogP contribution in [0.2, 0.25) is 0 Å². The molecule has 0 heterocycles. The third-order valence-electron chi connectivity index (χ3n) is 2.20. The van der Waals surface area contributed by atoms with Crippen molar-refractivity contribution in [2.24, 2.45) is 5.41 Å². The zero-order valence-corrected chi connectivity index (χ0v) is 9.97. The minimum Gasteiger partial charge on any atom is -0.396 e. The van der Waals surface area contributed by atoms with Gasteiger partial charge >= 0.3 is 0 Å². The van der Waals surface area contributed by atoms with Gasteiger partial charge < -0.3 is 15.2 Å². The summed E-state index contributed by atoms with van der Waals surface area (Å²) in [6.07, 6.45) is 1.83. The number of hydrogen-bond donors (Lipinski definition) is 2. The molecule has 0 rings (SSSR count). The van der Waals surface area contributed by atoms with Crippen molar-refractivity contribution in [3.05, 3.63) is 0 Å². The first-order valence-corrected chi connectivity index (χ1v) is 5.35. The molecule has 3 nitrogen and oxygen atoms in total. The summed E-state index contributed by atoms with van der Waals surface area (Å²) in [5.74, 6) is 0. The van der Waals surface area contributed by atoms with Crippen LogP contribution in [0.5, 0.6) is 0 Å². The number of rotatable bonds is 7. The predicted molar refractivity (Wildman–Crippen MR) is 59.4 cm³/mol. The van der Waals surface area contributed by atoms with Crippen LogP contribution in [0.1, 0.15) is 33.6 Å². The van der Waals surface area contributed by atoms with Gasteiger partial charge in [-0.05, 0) is 25.3 Å². The van der Waals surface area contributed by atoms with Crippen molar-refractivity contribution in [2.75, 3.05) is 26.9 Å². The van der Waals surface area contributed by atoms with Crippen LogP contribution in [0.3, 0.4) is 0 Å². The van der Waals surface area contributed by atoms with Crippen molar-refractivity contribution in [3.8, 4) is 0 Å². The first-order valence-electron chi connectivity index (χ1n) is 5.35. The van der Waals surface area contributed by atoms with E-state index >= 15 is 0 Å². The van der Waals surface area contributed by atoms with Gasteiger partial charge in [0.1, 0.15) is 0 Å². The molecule has 0 aromatic heterocycles. The lowest BCUT2D eigenvalue weighted by Gasteiger charge is -2.19. The van der Waals surface area contributed by atoms with Crippen molar-refractivity contribution in [1.82, 2.24) is 5.32 Å². The highest BCUT2D eigenvalue weighted by atomic mass is 16.5. The maximum atomic E-state index is 8.76. The number of aliphatic hydroxyl groups excluding tert-OH is 1. The lowest BCUT2D eigenvalue weighted by atomic mass is 9.93. The molecule has 1 unspecified atom stereocenters. The first-order chi connectivity index (χ1) is 6.49. The van der Waals surface area contributed by atoms with Gasteiger partial charge in [0.2, 0.25) is 0 Å². The van der Waals surface area contributed by atoms with Crippen LogP contribution in [-0.4, -0.2) is 38.0 Å². The fraction of sp³-hybridized carbons (Fsp3) is 1.00. The standard InChI is InChI=1S/C11H25NO2/c1-11(2,3)6-8-14-9-10(12-4)5-7-13/h10,12-13H,5-9H2,1-4H3. The highest BCUT2D eigenvalue weighted by Crippen LogP contribution is 2.17. The smallest absolute Gasteiger partial charge is 0.0620 e. The van der Waals surface area contributed by atoms with Gasteiger partial charge in [0.25, 0.3) is 0 Å². The molecule has 0 aliphatic carbocycles. The zero-order valence-electron chi connectivity index (χ0n) is 9.97. The number of likely N-dealkylation sites (N-methyl/N-ethyl adjacent to an activating group) is 1. The number of aliphatic hydroxyl groups is 1. The molecular weight excluding hydrogens is 178 g/mol. The minimum atomic E-state index is 0.216. The van der Waals surface area contributed by atoms with Crippen LogP contribution < -0.4 is 5.32 Å². The van der Waals surface area contributed by atoms with Crippen molar-refractivity contribution < 1.29 is 9.84 Å². The van der Waals surface area contributed by atoms with Gasteiger partial charge in [-0.2, -0.15) is 0 Å². The molecule has 86 valence electrons. The fourth-order valence-electron chi connectivity index (χ4n) is 1.07. The predicted octanol–water partition coefficient (Wildman–Crippen LogP) is 1.41. The van der Waals surface area contributed by atoms with Crippen LogP contribution in [0.15, 0.2) is 0 Å². The lowest BCUT2D eigenvalue weighted by molar-refractivity contribution is 0.0846. The topological polar surface area (TPSA) is 41.5 Å². The summed E-state index contributed by atoms with van der Waals surface area (Å²) < 4.78 is 5.54. The molecule has 0 spiro atoms. The highest BCUT2D eigenvalue weighted by molar-refractivity contribution is 4.64. The Morgan fingerprint density at radius 2 is 2.00 bits per heavy atom. The minimum absolute atomic E-state index is 0.216. The van der Waals surface area contributed by atoms with E-state index in [2.05, 4.69) is 26.1 Å². The summed E-state index contributed by atoms with van der Waals surface area (Å²) in [7, 11) is 1.90. The Balaban J connectivity index is 3.42. The molecule has 0 aromatic rings. The van der Waals surface area contributed by atoms with E-state index < -0.39 is 0 Å². The monoisotopic (exact) mass is 203 g/mol. The number of hydrogen-bond acceptors (Lipinski definition) is 3. The van der Waals surface area contributed by atoms with E-state index in [-0.39, 0.29) is 12.6 Å². The summed E-state index contributed by atoms with van der Waals surface area (Å²) in [5, 5.41) is 11.9. The van der Waals surface area contributed by atoms with Crippen molar-refractivity contribution >= 4 is 0 Å². The molecule has 0 radical (unpaired) electrons. The molecule has 1 atom stereocenters. The van der Waals surface area contributed by atoms with E-state index in [9.17, 15) is 0 Å². The first kappa shape index (κ1) is 13.9. The second kappa shape index (κ2) is 7.21. The Labute approximate surface area is 87.8 Å². The fourth-order valence-corrected chi connectivity index (χ4v) is 1.07. The van der Waals surface area contributed by atoms with Crippen LogP contribution in [-0.2, 0) is 4.74 Å². The quantitative estimate of drug-likeness (QED) is 0.615. The summed E-state index contributed by atoms with van der Waals surface area (Å²) in [6, 6.07) is 0.278. The van der Waals surface area contributed by atoms with Crippen LogP contribution in [0, 0.1) is 5.41 Å². The van der Waals surface area contributed by atoms with Gasteiger partial charge in [-0.15, -0.1) is 0 Å². The Morgan fingerprint density at radius 1 is 1.36 bits per heavy atom. The Kier molecular flexibility index (Phi) is 7.15. The second-order valence-corrected chi connectivity index (χ2v) is 4.88. The summed E-state index contributed by atoms with van der Waals surface area (Å²) in [6.45, 7) is 8.33. The van der Waals surface area contributed by atoms with E-state index in [4.69, 9.17) is 9.84 Å². The summed E-state index contributed by atoms with van der Waals surface area (Å²) >= 11 is 0. The Morgan fingerprint density at radius 3 is 2.43 bits per heavy atom. The number of ether oxygens (including phenoxy) is 1. The maximum absolute atomic E-state index is 8.76. The lowest BCUT2D eigenvalue weighted by Crippen LogP contribution is -2.31. The van der Waals surface area contributed by atoms with Crippen molar-refractivity contribution in [1.29, 1.82) is 0 Å². The van der Waals surface area contributed by atoms with Gasteiger partial charge in [0.15, 0.2) is 0 Å². The maximum Gasteiger partial charge on any atom is 0.0620 e. The van der Waals surface area contributed by atoms with Gasteiger partial charge in [0, 0.05) is 19.3 Å². The van der Waals surface area contributed by atoms with E-state index in [1.54, 1.807) is 0 Å². The molecule has 14 heavy (non-hydrogen) atoms. The van der Waals surface area contributed by atoms with E-state index in [1.165, 1.54) is 0 Å². The van der Waals surface area contributed by atoms with Crippen LogP contribution in [0.4, 0.5) is 0 Å². The second-order valence-electron chi connectivity index (χ2n) is 4.88. The van der Waals surface area contributed by atoms with E-state index in [0.717, 1.165) is 19.4 Å². The molecule has 0 amide bonds. The third-order valence-corrected chi connectivity index (χ3v) is 2.20. The van der Waals surface area contributed by atoms with Gasteiger partial charge in [-0.1, -0.05) is 20.8 Å². The molecule has 0 saturated heterocycles. The van der Waals surface area contributed by atoms with Gasteiger partial charge in [-0.3, -0.25) is 0 Å². The Bertz CT molecular complexity index is 132. The van der Waals surface area contributed by atoms with Crippen LogP contribution >= 0.6 is 0 Å². The average Bonchev–Trinajstić information content (AvgIpc) is 2.08. The SMILES string of the molecule is CNC(CCO)COCCC(C)(C)C. The van der Waals surface area contributed by atoms with Crippen molar-refractivity contribution in [2.45, 2.75) is 39.7 Å². The molecule has 0 aromatic carbocycles. The van der Waals surface area contributed by atoms with Gasteiger partial charge in [0.05, 0.1) is 6.61 Å². The molecule has 0 fully saturated rings. The molecule has 0 aliphatic heterocycles. The highest BCUT2D eigenvalue weighted by Gasteiger charge is 2.10.